The lowest BCUT2D eigenvalue weighted by atomic mass is 10.0. The van der Waals surface area contributed by atoms with Crippen LogP contribution in [0.25, 0.3) is 0 Å². The highest BCUT2D eigenvalue weighted by atomic mass is 19.4. The van der Waals surface area contributed by atoms with Crippen LogP contribution < -0.4 is 10.2 Å². The molecule has 1 aliphatic heterocycles. The Bertz CT molecular complexity index is 780. The van der Waals surface area contributed by atoms with Crippen LogP contribution in [0.15, 0.2) is 54.6 Å². The summed E-state index contributed by atoms with van der Waals surface area (Å²) in [5.74, 6) is -0.576. The average Bonchev–Trinajstić information content (AvgIpc) is 3.04. The summed E-state index contributed by atoms with van der Waals surface area (Å²) < 4.78 is 38.2. The van der Waals surface area contributed by atoms with Crippen LogP contribution in [0, 0.1) is 0 Å². The maximum absolute atomic E-state index is 12.7. The van der Waals surface area contributed by atoms with Crippen LogP contribution in [0.2, 0.25) is 0 Å². The summed E-state index contributed by atoms with van der Waals surface area (Å²) in [5.41, 5.74) is -1.08. The second-order valence-corrected chi connectivity index (χ2v) is 6.42. The molecule has 4 nitrogen and oxygen atoms in total. The van der Waals surface area contributed by atoms with Gasteiger partial charge in [0.15, 0.2) is 5.60 Å². The maximum atomic E-state index is 12.7. The molecule has 1 heterocycles. The number of carbonyl (C=O) groups is 1. The Kier molecular flexibility index (Phi) is 4.91. The van der Waals surface area contributed by atoms with Crippen molar-refractivity contribution < 1.29 is 23.1 Å². The molecule has 0 spiro atoms. The van der Waals surface area contributed by atoms with E-state index in [4.69, 9.17) is 0 Å². The summed E-state index contributed by atoms with van der Waals surface area (Å²) in [7, 11) is 0. The number of alkyl halides is 3. The molecule has 7 heteroatoms. The Balaban J connectivity index is 1.62. The Morgan fingerprint density at radius 2 is 1.88 bits per heavy atom. The van der Waals surface area contributed by atoms with Gasteiger partial charge in [-0.15, -0.1) is 0 Å². The van der Waals surface area contributed by atoms with Gasteiger partial charge < -0.3 is 15.3 Å². The molecular formula is C19H19F3N2O2. The Morgan fingerprint density at radius 1 is 1.15 bits per heavy atom. The van der Waals surface area contributed by atoms with Crippen molar-refractivity contribution in [2.45, 2.75) is 24.7 Å². The molecule has 26 heavy (non-hydrogen) atoms. The van der Waals surface area contributed by atoms with Crippen molar-refractivity contribution in [2.75, 3.05) is 18.0 Å². The summed E-state index contributed by atoms with van der Waals surface area (Å²) >= 11 is 0. The highest BCUT2D eigenvalue weighted by Crippen LogP contribution is 2.30. The van der Waals surface area contributed by atoms with Gasteiger partial charge in [0, 0.05) is 25.2 Å². The first-order chi connectivity index (χ1) is 12.3. The molecule has 1 saturated heterocycles. The highest BCUT2D eigenvalue weighted by Gasteiger charge is 2.42. The van der Waals surface area contributed by atoms with Gasteiger partial charge in [0.05, 0.1) is 12.1 Å². The molecule has 0 radical (unpaired) electrons. The van der Waals surface area contributed by atoms with Gasteiger partial charge in [-0.25, -0.2) is 0 Å². The average molecular weight is 364 g/mol. The minimum atomic E-state index is -4.43. The molecule has 0 saturated carbocycles. The number of nitrogens with zero attached hydrogens (tertiary/aromatic N) is 1. The molecule has 1 unspecified atom stereocenters. The van der Waals surface area contributed by atoms with Crippen molar-refractivity contribution in [1.82, 2.24) is 5.32 Å². The number of anilines is 1. The molecule has 2 aromatic rings. The fraction of sp³-hybridized carbons (Fsp3) is 0.316. The van der Waals surface area contributed by atoms with Gasteiger partial charge in [-0.05, 0) is 29.8 Å². The van der Waals surface area contributed by atoms with Crippen LogP contribution in [0.3, 0.4) is 0 Å². The van der Waals surface area contributed by atoms with Crippen LogP contribution in [-0.4, -0.2) is 29.7 Å². The van der Waals surface area contributed by atoms with Crippen LogP contribution in [0.5, 0.6) is 0 Å². The van der Waals surface area contributed by atoms with Crippen LogP contribution in [-0.2, 0) is 17.5 Å². The lowest BCUT2D eigenvalue weighted by Crippen LogP contribution is -2.48. The third kappa shape index (κ3) is 3.99. The Labute approximate surface area is 149 Å². The molecule has 1 atom stereocenters. The van der Waals surface area contributed by atoms with Gasteiger partial charge in [0.1, 0.15) is 0 Å². The molecule has 1 aliphatic rings. The molecule has 138 valence electrons. The quantitative estimate of drug-likeness (QED) is 0.877. The standard InChI is InChI=1S/C19H19F3N2O2/c20-19(21,22)15-6-4-5-14(11-15)12-23-17(25)18(26)9-10-24(13-18)16-7-2-1-3-8-16/h1-8,11,26H,9-10,12-13H2,(H,23,25). The summed E-state index contributed by atoms with van der Waals surface area (Å²) in [6.07, 6.45) is -4.17. The van der Waals surface area contributed by atoms with E-state index in [0.717, 1.165) is 17.8 Å². The zero-order chi connectivity index (χ0) is 18.8. The molecule has 1 amide bonds. The van der Waals surface area contributed by atoms with E-state index >= 15 is 0 Å². The number of halogens is 3. The molecule has 1 fully saturated rings. The minimum Gasteiger partial charge on any atom is -0.378 e. The summed E-state index contributed by atoms with van der Waals surface area (Å²) in [6, 6.07) is 14.2. The number of carbonyl (C=O) groups excluding carboxylic acids is 1. The van der Waals surface area contributed by atoms with E-state index in [1.165, 1.54) is 12.1 Å². The van der Waals surface area contributed by atoms with Crippen LogP contribution >= 0.6 is 0 Å². The third-order valence-electron chi connectivity index (χ3n) is 4.50. The number of hydrogen-bond donors (Lipinski definition) is 2. The first-order valence-electron chi connectivity index (χ1n) is 8.25. The van der Waals surface area contributed by atoms with E-state index in [9.17, 15) is 23.1 Å². The minimum absolute atomic E-state index is 0.0730. The van der Waals surface area contributed by atoms with Crippen LogP contribution in [0.1, 0.15) is 17.5 Å². The largest absolute Gasteiger partial charge is 0.416 e. The number of nitrogens with one attached hydrogen (secondary N) is 1. The summed E-state index contributed by atoms with van der Waals surface area (Å²) in [5, 5.41) is 13.2. The van der Waals surface area contributed by atoms with Crippen LogP contribution in [0.4, 0.5) is 18.9 Å². The molecule has 2 aromatic carbocycles. The lowest BCUT2D eigenvalue weighted by Gasteiger charge is -2.23. The van der Waals surface area contributed by atoms with Gasteiger partial charge in [0.25, 0.3) is 5.91 Å². The van der Waals surface area contributed by atoms with E-state index < -0.39 is 23.2 Å². The number of β-amino-alcohol motifs (C(OH)–C–C–N with tert-alkyl or cyclic N) is 1. The second kappa shape index (κ2) is 6.99. The fourth-order valence-electron chi connectivity index (χ4n) is 3.04. The van der Waals surface area contributed by atoms with Gasteiger partial charge >= 0.3 is 6.18 Å². The first kappa shape index (κ1) is 18.3. The fourth-order valence-corrected chi connectivity index (χ4v) is 3.04. The number of rotatable bonds is 4. The Hall–Kier alpha value is -2.54. The maximum Gasteiger partial charge on any atom is 0.416 e. The molecular weight excluding hydrogens is 345 g/mol. The number of amides is 1. The normalized spacial score (nSPS) is 20.2. The summed E-state index contributed by atoms with van der Waals surface area (Å²) in [4.78, 5) is 14.3. The molecule has 0 aromatic heterocycles. The van der Waals surface area contributed by atoms with Crippen molar-refractivity contribution in [3.05, 3.63) is 65.7 Å². The van der Waals surface area contributed by atoms with E-state index in [0.29, 0.717) is 12.1 Å². The van der Waals surface area contributed by atoms with Crippen molar-refractivity contribution in [1.29, 1.82) is 0 Å². The monoisotopic (exact) mass is 364 g/mol. The molecule has 0 aliphatic carbocycles. The van der Waals surface area contributed by atoms with Crippen molar-refractivity contribution in [3.63, 3.8) is 0 Å². The number of benzene rings is 2. The molecule has 0 bridgehead atoms. The number of hydrogen-bond acceptors (Lipinski definition) is 3. The van der Waals surface area contributed by atoms with Gasteiger partial charge in [-0.3, -0.25) is 4.79 Å². The van der Waals surface area contributed by atoms with E-state index in [-0.39, 0.29) is 19.5 Å². The van der Waals surface area contributed by atoms with E-state index in [1.54, 1.807) is 0 Å². The van der Waals surface area contributed by atoms with Crippen molar-refractivity contribution >= 4 is 11.6 Å². The zero-order valence-electron chi connectivity index (χ0n) is 14.0. The van der Waals surface area contributed by atoms with Gasteiger partial charge in [-0.1, -0.05) is 30.3 Å². The zero-order valence-corrected chi connectivity index (χ0v) is 14.0. The lowest BCUT2D eigenvalue weighted by molar-refractivity contribution is -0.137. The smallest absolute Gasteiger partial charge is 0.378 e. The predicted molar refractivity (Wildman–Crippen MR) is 91.5 cm³/mol. The first-order valence-corrected chi connectivity index (χ1v) is 8.25. The van der Waals surface area contributed by atoms with E-state index in [1.807, 2.05) is 35.2 Å². The van der Waals surface area contributed by atoms with Crippen molar-refractivity contribution in [2.24, 2.45) is 0 Å². The number of aliphatic hydroxyl groups is 1. The molecule has 3 rings (SSSR count). The van der Waals surface area contributed by atoms with Crippen molar-refractivity contribution in [3.8, 4) is 0 Å². The highest BCUT2D eigenvalue weighted by molar-refractivity contribution is 5.86. The summed E-state index contributed by atoms with van der Waals surface area (Å²) in [6.45, 7) is 0.597. The van der Waals surface area contributed by atoms with E-state index in [2.05, 4.69) is 5.32 Å². The SMILES string of the molecule is O=C(NCc1cccc(C(F)(F)F)c1)C1(O)CCN(c2ccccc2)C1. The predicted octanol–water partition coefficient (Wildman–Crippen LogP) is 2.96. The topological polar surface area (TPSA) is 52.6 Å². The van der Waals surface area contributed by atoms with Gasteiger partial charge in [0.2, 0.25) is 0 Å². The second-order valence-electron chi connectivity index (χ2n) is 6.42. The third-order valence-corrected chi connectivity index (χ3v) is 4.50. The number of para-hydroxylation sites is 1. The van der Waals surface area contributed by atoms with Gasteiger partial charge in [-0.2, -0.15) is 13.2 Å². The molecule has 2 N–H and O–H groups in total. The Morgan fingerprint density at radius 3 is 2.58 bits per heavy atom.